The maximum atomic E-state index is 12.3. The summed E-state index contributed by atoms with van der Waals surface area (Å²) >= 11 is 0. The van der Waals surface area contributed by atoms with Crippen LogP contribution in [0.2, 0.25) is 0 Å². The van der Waals surface area contributed by atoms with Crippen LogP contribution in [0.3, 0.4) is 0 Å². The molecule has 0 aliphatic carbocycles. The Hall–Kier alpha value is -3.08. The van der Waals surface area contributed by atoms with Gasteiger partial charge < -0.3 is 15.5 Å². The number of anilines is 3. The van der Waals surface area contributed by atoms with Gasteiger partial charge in [-0.25, -0.2) is 4.79 Å². The predicted molar refractivity (Wildman–Crippen MR) is 97.8 cm³/mol. The number of hydrogen-bond donors (Lipinski definition) is 2. The monoisotopic (exact) mass is 318 g/mol. The minimum atomic E-state index is -0.252. The number of carbonyl (C=O) groups excluding carboxylic acids is 1. The lowest BCUT2D eigenvalue weighted by atomic mass is 10.1. The van der Waals surface area contributed by atoms with Crippen molar-refractivity contribution in [2.45, 2.75) is 6.42 Å². The van der Waals surface area contributed by atoms with E-state index in [2.05, 4.69) is 33.6 Å². The maximum absolute atomic E-state index is 12.3. The number of nitrogens with zero attached hydrogens (tertiary/aromatic N) is 2. The number of amides is 2. The summed E-state index contributed by atoms with van der Waals surface area (Å²) < 4.78 is 0. The lowest BCUT2D eigenvalue weighted by molar-refractivity contribution is 0.262. The van der Waals surface area contributed by atoms with Gasteiger partial charge in [-0.3, -0.25) is 4.98 Å². The third kappa shape index (κ3) is 2.65. The molecule has 0 spiro atoms. The van der Waals surface area contributed by atoms with Crippen LogP contribution in [-0.4, -0.2) is 24.6 Å². The topological polar surface area (TPSA) is 57.3 Å². The summed E-state index contributed by atoms with van der Waals surface area (Å²) in [6.45, 7) is 1.02. The molecule has 3 aromatic rings. The van der Waals surface area contributed by atoms with Crippen molar-refractivity contribution < 1.29 is 4.79 Å². The second-order valence-corrected chi connectivity index (χ2v) is 5.97. The zero-order valence-electron chi connectivity index (χ0n) is 13.4. The summed E-state index contributed by atoms with van der Waals surface area (Å²) in [6.07, 6.45) is 2.71. The van der Waals surface area contributed by atoms with E-state index >= 15 is 0 Å². The van der Waals surface area contributed by atoms with E-state index in [4.69, 9.17) is 0 Å². The van der Waals surface area contributed by atoms with Gasteiger partial charge in [0.05, 0.1) is 11.2 Å². The molecule has 4 rings (SSSR count). The fourth-order valence-electron chi connectivity index (χ4n) is 3.13. The van der Waals surface area contributed by atoms with Gasteiger partial charge in [0.25, 0.3) is 0 Å². The van der Waals surface area contributed by atoms with Gasteiger partial charge in [-0.15, -0.1) is 0 Å². The van der Waals surface area contributed by atoms with Crippen LogP contribution in [0.25, 0.3) is 10.9 Å². The number of pyridine rings is 1. The van der Waals surface area contributed by atoms with E-state index in [1.165, 1.54) is 11.3 Å². The van der Waals surface area contributed by atoms with Gasteiger partial charge in [0.15, 0.2) is 0 Å². The molecular formula is C19H18N4O. The van der Waals surface area contributed by atoms with Crippen molar-refractivity contribution in [3.05, 3.63) is 60.3 Å². The highest BCUT2D eigenvalue weighted by Gasteiger charge is 2.16. The number of aromatic nitrogens is 1. The lowest BCUT2D eigenvalue weighted by Gasteiger charge is -2.13. The molecule has 2 aromatic carbocycles. The zero-order chi connectivity index (χ0) is 16.5. The molecule has 5 heteroatoms. The van der Waals surface area contributed by atoms with Crippen molar-refractivity contribution in [1.82, 2.24) is 4.98 Å². The van der Waals surface area contributed by atoms with Crippen molar-refractivity contribution in [1.29, 1.82) is 0 Å². The van der Waals surface area contributed by atoms with E-state index in [1.54, 1.807) is 12.3 Å². The molecule has 120 valence electrons. The third-order valence-corrected chi connectivity index (χ3v) is 4.36. The summed E-state index contributed by atoms with van der Waals surface area (Å²) in [6, 6.07) is 15.3. The summed E-state index contributed by atoms with van der Waals surface area (Å²) in [4.78, 5) is 18.9. The molecule has 0 saturated carbocycles. The van der Waals surface area contributed by atoms with Gasteiger partial charge in [-0.1, -0.05) is 18.2 Å². The van der Waals surface area contributed by atoms with E-state index in [0.29, 0.717) is 0 Å². The van der Waals surface area contributed by atoms with E-state index < -0.39 is 0 Å². The first-order valence-corrected chi connectivity index (χ1v) is 7.96. The Morgan fingerprint density at radius 1 is 1.12 bits per heavy atom. The SMILES string of the molecule is CN1CCc2cc(NC(=O)Nc3ccnc4ccccc34)ccc21. The van der Waals surface area contributed by atoms with Gasteiger partial charge in [0, 0.05) is 36.6 Å². The summed E-state index contributed by atoms with van der Waals surface area (Å²) in [7, 11) is 2.08. The molecule has 0 atom stereocenters. The number of carbonyl (C=O) groups is 1. The molecule has 1 aliphatic heterocycles. The predicted octanol–water partition coefficient (Wildman–Crippen LogP) is 3.87. The largest absolute Gasteiger partial charge is 0.374 e. The molecule has 0 unspecified atom stereocenters. The van der Waals surface area contributed by atoms with Crippen LogP contribution in [-0.2, 0) is 6.42 Å². The zero-order valence-corrected chi connectivity index (χ0v) is 13.4. The van der Waals surface area contributed by atoms with Gasteiger partial charge in [0.2, 0.25) is 0 Å². The molecule has 2 amide bonds. The number of rotatable bonds is 2. The van der Waals surface area contributed by atoms with Gasteiger partial charge in [0.1, 0.15) is 0 Å². The summed E-state index contributed by atoms with van der Waals surface area (Å²) in [5.74, 6) is 0. The van der Waals surface area contributed by atoms with Crippen LogP contribution in [0.4, 0.5) is 21.9 Å². The van der Waals surface area contributed by atoms with Crippen LogP contribution in [0.1, 0.15) is 5.56 Å². The number of hydrogen-bond acceptors (Lipinski definition) is 3. The molecule has 1 aliphatic rings. The molecule has 0 fully saturated rings. The quantitative estimate of drug-likeness (QED) is 0.754. The molecule has 0 bridgehead atoms. The van der Waals surface area contributed by atoms with Gasteiger partial charge >= 0.3 is 6.03 Å². The number of fused-ring (bicyclic) bond motifs is 2. The van der Waals surface area contributed by atoms with Crippen molar-refractivity contribution in [2.24, 2.45) is 0 Å². The van der Waals surface area contributed by atoms with Crippen LogP contribution < -0.4 is 15.5 Å². The molecule has 5 nitrogen and oxygen atoms in total. The standard InChI is InChI=1S/C19H18N4O/c1-23-11-9-13-12-14(6-7-18(13)23)21-19(24)22-17-8-10-20-16-5-3-2-4-15(16)17/h2-8,10,12H,9,11H2,1H3,(H2,20,21,22,24). The molecule has 24 heavy (non-hydrogen) atoms. The lowest BCUT2D eigenvalue weighted by Crippen LogP contribution is -2.19. The van der Waals surface area contributed by atoms with Crippen LogP contribution >= 0.6 is 0 Å². The fraction of sp³-hybridized carbons (Fsp3) is 0.158. The highest BCUT2D eigenvalue weighted by Crippen LogP contribution is 2.29. The molecular weight excluding hydrogens is 300 g/mol. The van der Waals surface area contributed by atoms with E-state index in [0.717, 1.165) is 35.2 Å². The number of benzene rings is 2. The van der Waals surface area contributed by atoms with Crippen molar-refractivity contribution in [2.75, 3.05) is 29.1 Å². The van der Waals surface area contributed by atoms with Crippen LogP contribution in [0.15, 0.2) is 54.7 Å². The number of para-hydroxylation sites is 1. The van der Waals surface area contributed by atoms with E-state index in [-0.39, 0.29) is 6.03 Å². The molecule has 0 saturated heterocycles. The molecule has 2 heterocycles. The summed E-state index contributed by atoms with van der Waals surface area (Å²) in [5.41, 5.74) is 4.92. The fourth-order valence-corrected chi connectivity index (χ4v) is 3.13. The third-order valence-electron chi connectivity index (χ3n) is 4.36. The Bertz CT molecular complexity index is 917. The Morgan fingerprint density at radius 2 is 2.00 bits per heavy atom. The minimum absolute atomic E-state index is 0.252. The van der Waals surface area contributed by atoms with Crippen LogP contribution in [0.5, 0.6) is 0 Å². The van der Waals surface area contributed by atoms with Crippen molar-refractivity contribution in [3.8, 4) is 0 Å². The Morgan fingerprint density at radius 3 is 2.92 bits per heavy atom. The normalized spacial score (nSPS) is 13.0. The Balaban J connectivity index is 1.53. The van der Waals surface area contributed by atoms with Gasteiger partial charge in [-0.05, 0) is 42.3 Å². The van der Waals surface area contributed by atoms with E-state index in [1.807, 2.05) is 36.4 Å². The average molecular weight is 318 g/mol. The molecule has 2 N–H and O–H groups in total. The first-order valence-electron chi connectivity index (χ1n) is 7.96. The van der Waals surface area contributed by atoms with Crippen LogP contribution in [0, 0.1) is 0 Å². The smallest absolute Gasteiger partial charge is 0.323 e. The summed E-state index contributed by atoms with van der Waals surface area (Å²) in [5, 5.41) is 6.74. The first-order chi connectivity index (χ1) is 11.7. The minimum Gasteiger partial charge on any atom is -0.374 e. The highest BCUT2D eigenvalue weighted by molar-refractivity contribution is 6.05. The number of nitrogens with one attached hydrogen (secondary N) is 2. The number of likely N-dealkylation sites (N-methyl/N-ethyl adjacent to an activating group) is 1. The molecule has 0 radical (unpaired) electrons. The Kier molecular flexibility index (Phi) is 3.54. The van der Waals surface area contributed by atoms with Crippen molar-refractivity contribution >= 4 is 34.0 Å². The first kappa shape index (κ1) is 14.5. The average Bonchev–Trinajstić information content (AvgIpc) is 2.96. The Labute approximate surface area is 140 Å². The van der Waals surface area contributed by atoms with E-state index in [9.17, 15) is 4.79 Å². The van der Waals surface area contributed by atoms with Gasteiger partial charge in [-0.2, -0.15) is 0 Å². The number of urea groups is 1. The second-order valence-electron chi connectivity index (χ2n) is 5.97. The highest BCUT2D eigenvalue weighted by atomic mass is 16.2. The van der Waals surface area contributed by atoms with Crippen molar-refractivity contribution in [3.63, 3.8) is 0 Å². The molecule has 1 aromatic heterocycles. The second kappa shape index (κ2) is 5.85. The maximum Gasteiger partial charge on any atom is 0.323 e.